The second kappa shape index (κ2) is 8.31. The van der Waals surface area contributed by atoms with Crippen LogP contribution < -0.4 is 4.74 Å². The molecule has 0 aliphatic carbocycles. The third-order valence-corrected chi connectivity index (χ3v) is 5.61. The van der Waals surface area contributed by atoms with Gasteiger partial charge >= 0.3 is 0 Å². The predicted octanol–water partition coefficient (Wildman–Crippen LogP) is 4.34. The van der Waals surface area contributed by atoms with E-state index in [1.807, 2.05) is 53.6 Å². The summed E-state index contributed by atoms with van der Waals surface area (Å²) in [6, 6.07) is 13.4. The molecule has 3 aromatic rings. The van der Waals surface area contributed by atoms with E-state index in [1.54, 1.807) is 17.5 Å². The van der Waals surface area contributed by atoms with Crippen molar-refractivity contribution in [3.8, 4) is 16.3 Å². The minimum Gasteiger partial charge on any atom is -0.484 e. The fourth-order valence-corrected chi connectivity index (χ4v) is 4.20. The minimum atomic E-state index is 0.0134. The number of nitrogens with zero attached hydrogens (tertiary/aromatic N) is 3. The van der Waals surface area contributed by atoms with Crippen LogP contribution in [0.15, 0.2) is 60.2 Å². The zero-order chi connectivity index (χ0) is 18.5. The van der Waals surface area contributed by atoms with E-state index < -0.39 is 0 Å². The fraction of sp³-hybridized carbons (Fsp3) is 0.286. The van der Waals surface area contributed by atoms with Crippen molar-refractivity contribution < 1.29 is 9.53 Å². The van der Waals surface area contributed by atoms with Gasteiger partial charge in [-0.25, -0.2) is 4.98 Å². The van der Waals surface area contributed by atoms with Gasteiger partial charge in [-0.3, -0.25) is 9.78 Å². The summed E-state index contributed by atoms with van der Waals surface area (Å²) in [6.07, 6.45) is 6.64. The Labute approximate surface area is 162 Å². The summed E-state index contributed by atoms with van der Waals surface area (Å²) >= 11 is 1.60. The van der Waals surface area contributed by atoms with E-state index in [4.69, 9.17) is 9.72 Å². The lowest BCUT2D eigenvalue weighted by atomic mass is 10.00. The second-order valence-electron chi connectivity index (χ2n) is 6.52. The maximum absolute atomic E-state index is 12.8. The molecule has 6 heteroatoms. The average molecular weight is 379 g/mol. The first-order valence-corrected chi connectivity index (χ1v) is 10.0. The van der Waals surface area contributed by atoms with Crippen LogP contribution in [0.3, 0.4) is 0 Å². The maximum Gasteiger partial charge on any atom is 0.261 e. The number of piperidine rings is 1. The van der Waals surface area contributed by atoms with Gasteiger partial charge in [0.25, 0.3) is 5.91 Å². The van der Waals surface area contributed by atoms with Crippen molar-refractivity contribution in [2.24, 2.45) is 0 Å². The molecule has 1 atom stereocenters. The van der Waals surface area contributed by atoms with Gasteiger partial charge in [-0.15, -0.1) is 11.3 Å². The summed E-state index contributed by atoms with van der Waals surface area (Å²) in [4.78, 5) is 23.7. The van der Waals surface area contributed by atoms with Crippen molar-refractivity contribution in [2.75, 3.05) is 13.2 Å². The highest BCUT2D eigenvalue weighted by Gasteiger charge is 2.30. The van der Waals surface area contributed by atoms with Crippen LogP contribution in [0, 0.1) is 0 Å². The highest BCUT2D eigenvalue weighted by Crippen LogP contribution is 2.34. The SMILES string of the molecule is O=C(COc1ccccc1)N1CCCC[C@@H]1c1csc(-c2cccnc2)n1. The summed E-state index contributed by atoms with van der Waals surface area (Å²) in [6.45, 7) is 0.807. The van der Waals surface area contributed by atoms with Crippen molar-refractivity contribution in [3.05, 3.63) is 65.9 Å². The van der Waals surface area contributed by atoms with E-state index in [2.05, 4.69) is 10.4 Å². The highest BCUT2D eigenvalue weighted by atomic mass is 32.1. The molecule has 4 rings (SSSR count). The second-order valence-corrected chi connectivity index (χ2v) is 7.38. The zero-order valence-electron chi connectivity index (χ0n) is 15.0. The van der Waals surface area contributed by atoms with E-state index >= 15 is 0 Å². The Morgan fingerprint density at radius 1 is 1.19 bits per heavy atom. The van der Waals surface area contributed by atoms with Gasteiger partial charge in [0.1, 0.15) is 10.8 Å². The molecule has 1 aliphatic rings. The van der Waals surface area contributed by atoms with Crippen LogP contribution in [-0.2, 0) is 4.79 Å². The number of aromatic nitrogens is 2. The number of carbonyl (C=O) groups is 1. The molecule has 0 spiro atoms. The van der Waals surface area contributed by atoms with E-state index in [0.29, 0.717) is 5.75 Å². The Morgan fingerprint density at radius 2 is 2.07 bits per heavy atom. The molecule has 0 radical (unpaired) electrons. The Kier molecular flexibility index (Phi) is 5.44. The molecular weight excluding hydrogens is 358 g/mol. The molecule has 3 heterocycles. The molecule has 1 amide bonds. The summed E-state index contributed by atoms with van der Waals surface area (Å²) in [7, 11) is 0. The van der Waals surface area contributed by atoms with E-state index in [9.17, 15) is 4.79 Å². The minimum absolute atomic E-state index is 0.0134. The van der Waals surface area contributed by atoms with Crippen LogP contribution in [0.4, 0.5) is 0 Å². The number of benzene rings is 1. The van der Waals surface area contributed by atoms with Crippen molar-refractivity contribution in [1.29, 1.82) is 0 Å². The van der Waals surface area contributed by atoms with E-state index in [1.165, 1.54) is 0 Å². The lowest BCUT2D eigenvalue weighted by Gasteiger charge is -2.34. The van der Waals surface area contributed by atoms with Gasteiger partial charge in [-0.05, 0) is 43.5 Å². The zero-order valence-corrected chi connectivity index (χ0v) is 15.8. The largest absolute Gasteiger partial charge is 0.484 e. The van der Waals surface area contributed by atoms with Crippen LogP contribution in [-0.4, -0.2) is 33.9 Å². The third-order valence-electron chi connectivity index (χ3n) is 4.70. The maximum atomic E-state index is 12.8. The normalized spacial score (nSPS) is 16.9. The van der Waals surface area contributed by atoms with Gasteiger partial charge in [0.15, 0.2) is 6.61 Å². The first-order chi connectivity index (χ1) is 13.3. The molecule has 27 heavy (non-hydrogen) atoms. The van der Waals surface area contributed by atoms with Crippen LogP contribution in [0.25, 0.3) is 10.6 Å². The molecule has 1 aromatic carbocycles. The average Bonchev–Trinajstić information content (AvgIpc) is 3.23. The number of hydrogen-bond donors (Lipinski definition) is 0. The molecule has 2 aromatic heterocycles. The molecule has 1 saturated heterocycles. The lowest BCUT2D eigenvalue weighted by Crippen LogP contribution is -2.41. The summed E-state index contributed by atoms with van der Waals surface area (Å²) < 4.78 is 5.66. The predicted molar refractivity (Wildman–Crippen MR) is 106 cm³/mol. The molecule has 1 aliphatic heterocycles. The molecule has 138 valence electrons. The third kappa shape index (κ3) is 4.17. The molecular formula is C21H21N3O2S. The van der Waals surface area contributed by atoms with Gasteiger partial charge in [-0.2, -0.15) is 0 Å². The first-order valence-electron chi connectivity index (χ1n) is 9.14. The number of hydrogen-bond acceptors (Lipinski definition) is 5. The van der Waals surface area contributed by atoms with Gasteiger partial charge in [0.2, 0.25) is 0 Å². The van der Waals surface area contributed by atoms with Crippen molar-refractivity contribution in [1.82, 2.24) is 14.9 Å². The summed E-state index contributed by atoms with van der Waals surface area (Å²) in [5.41, 5.74) is 1.97. The number of thiazole rings is 1. The van der Waals surface area contributed by atoms with Gasteiger partial charge < -0.3 is 9.64 Å². The highest BCUT2D eigenvalue weighted by molar-refractivity contribution is 7.13. The standard InChI is InChI=1S/C21H21N3O2S/c25-20(14-26-17-8-2-1-3-9-17)24-12-5-4-10-19(24)18-15-27-21(23-18)16-7-6-11-22-13-16/h1-3,6-9,11,13,15,19H,4-5,10,12,14H2/t19-/m1/s1. The molecule has 1 fully saturated rings. The molecule has 0 saturated carbocycles. The van der Waals surface area contributed by atoms with Crippen molar-refractivity contribution in [3.63, 3.8) is 0 Å². The number of ether oxygens (including phenoxy) is 1. The number of likely N-dealkylation sites (tertiary alicyclic amines) is 1. The number of rotatable bonds is 5. The van der Waals surface area contributed by atoms with E-state index in [-0.39, 0.29) is 18.6 Å². The van der Waals surface area contributed by atoms with Crippen LogP contribution in [0.5, 0.6) is 5.75 Å². The van der Waals surface area contributed by atoms with E-state index in [0.717, 1.165) is 42.1 Å². The Bertz CT molecular complexity index is 883. The Morgan fingerprint density at radius 3 is 2.89 bits per heavy atom. The summed E-state index contributed by atoms with van der Waals surface area (Å²) in [5.74, 6) is 0.728. The van der Waals surface area contributed by atoms with Crippen molar-refractivity contribution >= 4 is 17.2 Å². The van der Waals surface area contributed by atoms with Gasteiger partial charge in [0.05, 0.1) is 11.7 Å². The van der Waals surface area contributed by atoms with Gasteiger partial charge in [-0.1, -0.05) is 18.2 Å². The molecule has 0 unspecified atom stereocenters. The van der Waals surface area contributed by atoms with Crippen LogP contribution in [0.1, 0.15) is 31.0 Å². The molecule has 0 bridgehead atoms. The summed E-state index contributed by atoms with van der Waals surface area (Å²) in [5, 5.41) is 3.01. The number of amides is 1. The smallest absolute Gasteiger partial charge is 0.261 e. The van der Waals surface area contributed by atoms with Gasteiger partial charge in [0, 0.05) is 29.9 Å². The first kappa shape index (κ1) is 17.7. The quantitative estimate of drug-likeness (QED) is 0.662. The lowest BCUT2D eigenvalue weighted by molar-refractivity contribution is -0.137. The topological polar surface area (TPSA) is 55.3 Å². The Balaban J connectivity index is 1.47. The van der Waals surface area contributed by atoms with Crippen LogP contribution >= 0.6 is 11.3 Å². The Hall–Kier alpha value is -2.73. The van der Waals surface area contributed by atoms with Crippen molar-refractivity contribution in [2.45, 2.75) is 25.3 Å². The molecule has 5 nitrogen and oxygen atoms in total. The fourth-order valence-electron chi connectivity index (χ4n) is 3.34. The molecule has 0 N–H and O–H groups in total. The monoisotopic (exact) mass is 379 g/mol. The number of carbonyl (C=O) groups excluding carboxylic acids is 1. The number of pyridine rings is 1. The number of para-hydroxylation sites is 1. The van der Waals surface area contributed by atoms with Crippen LogP contribution in [0.2, 0.25) is 0 Å².